The fourth-order valence-electron chi connectivity index (χ4n) is 4.77. The number of halogens is 2. The summed E-state index contributed by atoms with van der Waals surface area (Å²) in [6.45, 7) is 6.13. The lowest BCUT2D eigenvalue weighted by Gasteiger charge is -2.37. The van der Waals surface area contributed by atoms with E-state index in [0.717, 1.165) is 38.5 Å². The van der Waals surface area contributed by atoms with Crippen molar-refractivity contribution in [3.63, 3.8) is 0 Å². The van der Waals surface area contributed by atoms with Gasteiger partial charge in [0.2, 0.25) is 5.82 Å². The van der Waals surface area contributed by atoms with Crippen molar-refractivity contribution >= 4 is 5.97 Å². The standard InChI is InChI=1S/C22H30F2O3/c1-4-26-19-12-11-18(20(23)21(19)24)16-8-6-15(7-9-16)14(3)17-10-5-13(2)27-22(17)25/h11-17H,4-10H2,1-3H3. The Kier molecular flexibility index (Phi) is 6.38. The van der Waals surface area contributed by atoms with Crippen LogP contribution in [0, 0.1) is 29.4 Å². The molecule has 1 saturated heterocycles. The van der Waals surface area contributed by atoms with Gasteiger partial charge in [-0.1, -0.05) is 13.0 Å². The normalized spacial score (nSPS) is 29.9. The summed E-state index contributed by atoms with van der Waals surface area (Å²) in [5.41, 5.74) is 0.452. The Labute approximate surface area is 160 Å². The molecule has 5 heteroatoms. The zero-order chi connectivity index (χ0) is 19.6. The first-order valence-electron chi connectivity index (χ1n) is 10.2. The minimum absolute atomic E-state index is 0.0221. The number of cyclic esters (lactones) is 1. The molecule has 3 unspecified atom stereocenters. The minimum atomic E-state index is -0.885. The van der Waals surface area contributed by atoms with E-state index in [0.29, 0.717) is 18.1 Å². The molecule has 0 amide bonds. The highest BCUT2D eigenvalue weighted by atomic mass is 19.2. The van der Waals surface area contributed by atoms with Crippen molar-refractivity contribution in [3.05, 3.63) is 29.3 Å². The molecule has 0 aromatic heterocycles. The van der Waals surface area contributed by atoms with E-state index in [-0.39, 0.29) is 35.6 Å². The van der Waals surface area contributed by atoms with Crippen LogP contribution in [-0.2, 0) is 9.53 Å². The summed E-state index contributed by atoms with van der Waals surface area (Å²) in [5.74, 6) is -1.05. The fourth-order valence-corrected chi connectivity index (χ4v) is 4.77. The van der Waals surface area contributed by atoms with Gasteiger partial charge in [0, 0.05) is 0 Å². The molecule has 1 heterocycles. The van der Waals surface area contributed by atoms with Gasteiger partial charge in [-0.2, -0.15) is 4.39 Å². The first kappa shape index (κ1) is 20.1. The van der Waals surface area contributed by atoms with E-state index in [1.165, 1.54) is 6.07 Å². The monoisotopic (exact) mass is 380 g/mol. The van der Waals surface area contributed by atoms with Gasteiger partial charge in [0.15, 0.2) is 11.6 Å². The summed E-state index contributed by atoms with van der Waals surface area (Å²) in [6, 6.07) is 3.20. The molecule has 0 spiro atoms. The minimum Gasteiger partial charge on any atom is -0.491 e. The molecule has 1 aromatic rings. The zero-order valence-electron chi connectivity index (χ0n) is 16.5. The van der Waals surface area contributed by atoms with Crippen LogP contribution in [0.4, 0.5) is 8.78 Å². The summed E-state index contributed by atoms with van der Waals surface area (Å²) in [7, 11) is 0. The SMILES string of the molecule is CCOc1ccc(C2CCC(C(C)C3CCC(C)OC3=O)CC2)c(F)c1F. The molecular weight excluding hydrogens is 350 g/mol. The second-order valence-electron chi connectivity index (χ2n) is 8.12. The van der Waals surface area contributed by atoms with Crippen LogP contribution in [0.1, 0.15) is 70.8 Å². The molecule has 0 N–H and O–H groups in total. The molecule has 3 atom stereocenters. The van der Waals surface area contributed by atoms with Crippen LogP contribution in [0.5, 0.6) is 5.75 Å². The Morgan fingerprint density at radius 3 is 2.44 bits per heavy atom. The van der Waals surface area contributed by atoms with Crippen molar-refractivity contribution in [2.45, 2.75) is 71.3 Å². The van der Waals surface area contributed by atoms with Crippen LogP contribution in [0.3, 0.4) is 0 Å². The smallest absolute Gasteiger partial charge is 0.309 e. The number of benzene rings is 1. The van der Waals surface area contributed by atoms with Crippen LogP contribution < -0.4 is 4.74 Å². The van der Waals surface area contributed by atoms with E-state index in [4.69, 9.17) is 9.47 Å². The Morgan fingerprint density at radius 2 is 1.81 bits per heavy atom. The summed E-state index contributed by atoms with van der Waals surface area (Å²) in [5, 5.41) is 0. The number of ether oxygens (including phenoxy) is 2. The Hall–Kier alpha value is -1.65. The Bertz CT molecular complexity index is 668. The summed E-state index contributed by atoms with van der Waals surface area (Å²) in [6.07, 6.45) is 5.33. The number of rotatable bonds is 5. The maximum absolute atomic E-state index is 14.5. The van der Waals surface area contributed by atoms with Gasteiger partial charge in [-0.25, -0.2) is 4.39 Å². The Morgan fingerprint density at radius 1 is 1.11 bits per heavy atom. The first-order chi connectivity index (χ1) is 12.9. The maximum Gasteiger partial charge on any atom is 0.309 e. The van der Waals surface area contributed by atoms with Gasteiger partial charge in [-0.3, -0.25) is 4.79 Å². The van der Waals surface area contributed by atoms with E-state index in [2.05, 4.69) is 6.92 Å². The average Bonchev–Trinajstić information content (AvgIpc) is 2.65. The van der Waals surface area contributed by atoms with Crippen molar-refractivity contribution < 1.29 is 23.0 Å². The molecule has 1 aliphatic carbocycles. The van der Waals surface area contributed by atoms with Crippen LogP contribution >= 0.6 is 0 Å². The zero-order valence-corrected chi connectivity index (χ0v) is 16.5. The number of hydrogen-bond acceptors (Lipinski definition) is 3. The number of hydrogen-bond donors (Lipinski definition) is 0. The van der Waals surface area contributed by atoms with E-state index in [1.54, 1.807) is 13.0 Å². The van der Waals surface area contributed by atoms with Crippen molar-refractivity contribution in [1.29, 1.82) is 0 Å². The van der Waals surface area contributed by atoms with Gasteiger partial charge >= 0.3 is 5.97 Å². The highest BCUT2D eigenvalue weighted by Gasteiger charge is 2.37. The molecular formula is C22H30F2O3. The third-order valence-corrected chi connectivity index (χ3v) is 6.47. The number of carbonyl (C=O) groups excluding carboxylic acids is 1. The van der Waals surface area contributed by atoms with Gasteiger partial charge < -0.3 is 9.47 Å². The predicted molar refractivity (Wildman–Crippen MR) is 99.7 cm³/mol. The summed E-state index contributed by atoms with van der Waals surface area (Å²) in [4.78, 5) is 12.2. The van der Waals surface area contributed by atoms with Crippen LogP contribution in [-0.4, -0.2) is 18.7 Å². The van der Waals surface area contributed by atoms with E-state index in [9.17, 15) is 13.6 Å². The third kappa shape index (κ3) is 4.27. The van der Waals surface area contributed by atoms with Crippen LogP contribution in [0.15, 0.2) is 12.1 Å². The molecule has 1 aromatic carbocycles. The fraction of sp³-hybridized carbons (Fsp3) is 0.682. The largest absolute Gasteiger partial charge is 0.491 e. The Balaban J connectivity index is 1.62. The number of esters is 1. The van der Waals surface area contributed by atoms with Gasteiger partial charge in [-0.15, -0.1) is 0 Å². The quantitative estimate of drug-likeness (QED) is 0.623. The molecule has 0 radical (unpaired) electrons. The topological polar surface area (TPSA) is 35.5 Å². The molecule has 0 bridgehead atoms. The van der Waals surface area contributed by atoms with Crippen molar-refractivity contribution in [3.8, 4) is 5.75 Å². The highest BCUT2D eigenvalue weighted by molar-refractivity contribution is 5.73. The lowest BCUT2D eigenvalue weighted by Crippen LogP contribution is -2.36. The lowest BCUT2D eigenvalue weighted by atomic mass is 9.69. The molecule has 150 valence electrons. The first-order valence-corrected chi connectivity index (χ1v) is 10.2. The second kappa shape index (κ2) is 8.57. The molecule has 27 heavy (non-hydrogen) atoms. The maximum atomic E-state index is 14.5. The van der Waals surface area contributed by atoms with E-state index >= 15 is 0 Å². The van der Waals surface area contributed by atoms with Gasteiger partial charge in [0.05, 0.1) is 18.6 Å². The summed E-state index contributed by atoms with van der Waals surface area (Å²) < 4.78 is 39.2. The summed E-state index contributed by atoms with van der Waals surface area (Å²) >= 11 is 0. The van der Waals surface area contributed by atoms with Crippen molar-refractivity contribution in [2.24, 2.45) is 17.8 Å². The molecule has 2 fully saturated rings. The average molecular weight is 380 g/mol. The van der Waals surface area contributed by atoms with Gasteiger partial charge in [0.25, 0.3) is 0 Å². The van der Waals surface area contributed by atoms with Gasteiger partial charge in [-0.05, 0) is 81.8 Å². The molecule has 1 saturated carbocycles. The molecule has 2 aliphatic rings. The van der Waals surface area contributed by atoms with Crippen LogP contribution in [0.2, 0.25) is 0 Å². The third-order valence-electron chi connectivity index (χ3n) is 6.47. The van der Waals surface area contributed by atoms with Crippen molar-refractivity contribution in [2.75, 3.05) is 6.61 Å². The lowest BCUT2D eigenvalue weighted by molar-refractivity contribution is -0.162. The predicted octanol–water partition coefficient (Wildman–Crippen LogP) is 5.62. The number of carbonyl (C=O) groups is 1. The van der Waals surface area contributed by atoms with Crippen LogP contribution in [0.25, 0.3) is 0 Å². The molecule has 3 nitrogen and oxygen atoms in total. The molecule has 3 rings (SSSR count). The van der Waals surface area contributed by atoms with Gasteiger partial charge in [0.1, 0.15) is 0 Å². The highest BCUT2D eigenvalue weighted by Crippen LogP contribution is 2.43. The second-order valence-corrected chi connectivity index (χ2v) is 8.12. The van der Waals surface area contributed by atoms with Crippen molar-refractivity contribution in [1.82, 2.24) is 0 Å². The van der Waals surface area contributed by atoms with E-state index < -0.39 is 11.6 Å². The molecule has 1 aliphatic heterocycles. The van der Waals surface area contributed by atoms with E-state index in [1.807, 2.05) is 6.92 Å².